The minimum absolute atomic E-state index is 0.252. The molecule has 114 valence electrons. The van der Waals surface area contributed by atoms with Crippen LogP contribution in [-0.4, -0.2) is 44.7 Å². The van der Waals surface area contributed by atoms with E-state index in [4.69, 9.17) is 19.8 Å². The third kappa shape index (κ3) is 7.87. The van der Waals surface area contributed by atoms with Gasteiger partial charge in [0, 0.05) is 25.5 Å². The summed E-state index contributed by atoms with van der Waals surface area (Å²) in [5, 5.41) is 20.7. The second kappa shape index (κ2) is 9.83. The Morgan fingerprint density at radius 3 is 2.33 bits per heavy atom. The highest BCUT2D eigenvalue weighted by Gasteiger charge is 2.10. The van der Waals surface area contributed by atoms with Crippen molar-refractivity contribution in [3.05, 3.63) is 35.0 Å². The van der Waals surface area contributed by atoms with Crippen molar-refractivity contribution in [3.63, 3.8) is 0 Å². The molecule has 0 bridgehead atoms. The molecule has 1 aromatic heterocycles. The lowest BCUT2D eigenvalue weighted by Gasteiger charge is -2.11. The summed E-state index contributed by atoms with van der Waals surface area (Å²) in [6.07, 6.45) is 3.29. The van der Waals surface area contributed by atoms with Crippen LogP contribution >= 0.6 is 0 Å². The molecule has 1 rings (SSSR count). The first-order valence-corrected chi connectivity index (χ1v) is 5.66. The second-order valence-corrected chi connectivity index (χ2v) is 3.43. The zero-order valence-electron chi connectivity index (χ0n) is 11.1. The van der Waals surface area contributed by atoms with E-state index < -0.39 is 18.0 Å². The Morgan fingerprint density at radius 1 is 1.33 bits per heavy atom. The Hall–Kier alpha value is -3.04. The van der Waals surface area contributed by atoms with Gasteiger partial charge in [0.05, 0.1) is 5.29 Å². The van der Waals surface area contributed by atoms with Crippen LogP contribution in [0.4, 0.5) is 4.79 Å². The van der Waals surface area contributed by atoms with Crippen molar-refractivity contribution < 1.29 is 24.6 Å². The summed E-state index contributed by atoms with van der Waals surface area (Å²) in [4.78, 5) is 43.6. The minimum atomic E-state index is -1.82. The minimum Gasteiger partial charge on any atom is -0.473 e. The van der Waals surface area contributed by atoms with E-state index in [1.807, 2.05) is 6.07 Å². The molecule has 0 saturated carbocycles. The zero-order chi connectivity index (χ0) is 16.3. The van der Waals surface area contributed by atoms with Crippen molar-refractivity contribution in [1.29, 1.82) is 0 Å². The first-order valence-electron chi connectivity index (χ1n) is 5.66. The number of urea groups is 1. The van der Waals surface area contributed by atoms with Crippen LogP contribution in [-0.2, 0) is 16.1 Å². The van der Waals surface area contributed by atoms with E-state index >= 15 is 0 Å². The fourth-order valence-corrected chi connectivity index (χ4v) is 1.01. The summed E-state index contributed by atoms with van der Waals surface area (Å²) >= 11 is 0. The highest BCUT2D eigenvalue weighted by molar-refractivity contribution is 6.27. The normalized spacial score (nSPS) is 8.81. The largest absolute Gasteiger partial charge is 0.473 e. The molecule has 0 spiro atoms. The molecule has 2 amide bonds. The number of nitrogens with one attached hydrogen (secondary N) is 1. The van der Waals surface area contributed by atoms with Gasteiger partial charge in [0.1, 0.15) is 0 Å². The molecule has 0 aliphatic heterocycles. The Morgan fingerprint density at radius 2 is 1.95 bits per heavy atom. The van der Waals surface area contributed by atoms with Gasteiger partial charge < -0.3 is 15.5 Å². The van der Waals surface area contributed by atoms with E-state index in [0.29, 0.717) is 6.54 Å². The van der Waals surface area contributed by atoms with E-state index in [2.05, 4.69) is 15.6 Å². The van der Waals surface area contributed by atoms with Crippen LogP contribution in [0.1, 0.15) is 12.5 Å². The predicted octanol–water partition coefficient (Wildman–Crippen LogP) is 0.450. The molecule has 0 saturated heterocycles. The number of pyridine rings is 1. The molecule has 0 atom stereocenters. The van der Waals surface area contributed by atoms with Crippen molar-refractivity contribution in [2.24, 2.45) is 5.29 Å². The van der Waals surface area contributed by atoms with Gasteiger partial charge in [-0.25, -0.2) is 14.4 Å². The third-order valence-electron chi connectivity index (χ3n) is 1.98. The average molecular weight is 298 g/mol. The maximum absolute atomic E-state index is 11.3. The van der Waals surface area contributed by atoms with Crippen molar-refractivity contribution in [1.82, 2.24) is 15.3 Å². The first-order chi connectivity index (χ1) is 9.92. The van der Waals surface area contributed by atoms with Gasteiger partial charge in [0.15, 0.2) is 0 Å². The van der Waals surface area contributed by atoms with Gasteiger partial charge in [-0.05, 0) is 18.6 Å². The van der Waals surface area contributed by atoms with Gasteiger partial charge in [0.2, 0.25) is 0 Å². The van der Waals surface area contributed by atoms with Crippen molar-refractivity contribution in [2.45, 2.75) is 13.5 Å². The van der Waals surface area contributed by atoms with Crippen LogP contribution in [0.15, 0.2) is 29.8 Å². The molecule has 10 nitrogen and oxygen atoms in total. The molecule has 0 aromatic carbocycles. The molecule has 3 N–H and O–H groups in total. The molecule has 10 heteroatoms. The summed E-state index contributed by atoms with van der Waals surface area (Å²) in [5.74, 6) is -3.65. The SMILES string of the molecule is CCN(N=O)C(=O)NCc1cccnc1.O=C(O)C(=O)O. The van der Waals surface area contributed by atoms with E-state index in [0.717, 1.165) is 10.6 Å². The molecule has 1 heterocycles. The van der Waals surface area contributed by atoms with Crippen molar-refractivity contribution >= 4 is 18.0 Å². The molecule has 1 aromatic rings. The van der Waals surface area contributed by atoms with Gasteiger partial charge in [-0.2, -0.15) is 5.01 Å². The Labute approximate surface area is 119 Å². The number of rotatable bonds is 4. The molecule has 0 fully saturated rings. The monoisotopic (exact) mass is 298 g/mol. The fourth-order valence-electron chi connectivity index (χ4n) is 1.01. The van der Waals surface area contributed by atoms with Gasteiger partial charge in [-0.1, -0.05) is 6.07 Å². The number of nitrogens with zero attached hydrogens (tertiary/aromatic N) is 3. The molecule has 0 aliphatic carbocycles. The van der Waals surface area contributed by atoms with E-state index in [9.17, 15) is 9.70 Å². The standard InChI is InChI=1S/C9H12N4O2.C2H2O4/c1-2-13(12-15)9(14)11-7-8-4-3-5-10-6-8;3-1(4)2(5)6/h3-6H,2,7H2,1H3,(H,11,14);(H,3,4)(H,5,6). The van der Waals surface area contributed by atoms with Crippen molar-refractivity contribution in [2.75, 3.05) is 6.54 Å². The molecule has 0 unspecified atom stereocenters. The maximum Gasteiger partial charge on any atom is 0.414 e. The Balaban J connectivity index is 0.000000567. The van der Waals surface area contributed by atoms with Crippen LogP contribution in [0.2, 0.25) is 0 Å². The number of carboxylic acids is 2. The zero-order valence-corrected chi connectivity index (χ0v) is 11.1. The summed E-state index contributed by atoms with van der Waals surface area (Å²) in [5.41, 5.74) is 0.868. The van der Waals surface area contributed by atoms with Gasteiger partial charge >= 0.3 is 18.0 Å². The van der Waals surface area contributed by atoms with Gasteiger partial charge in [-0.3, -0.25) is 4.98 Å². The first kappa shape index (κ1) is 18.0. The number of amides is 2. The summed E-state index contributed by atoms with van der Waals surface area (Å²) in [6.45, 7) is 2.26. The number of aliphatic carboxylic acids is 2. The lowest BCUT2D eigenvalue weighted by atomic mass is 10.3. The number of nitroso groups, excluding NO2 is 1. The number of carbonyl (C=O) groups is 3. The lowest BCUT2D eigenvalue weighted by molar-refractivity contribution is -0.159. The van der Waals surface area contributed by atoms with E-state index in [-0.39, 0.29) is 6.54 Å². The number of hydrogen-bond acceptors (Lipinski definition) is 6. The molecule has 0 aliphatic rings. The molecule has 21 heavy (non-hydrogen) atoms. The average Bonchev–Trinajstić information content (AvgIpc) is 2.48. The van der Waals surface area contributed by atoms with Crippen LogP contribution < -0.4 is 5.32 Å². The van der Waals surface area contributed by atoms with Crippen LogP contribution in [0.5, 0.6) is 0 Å². The number of aromatic nitrogens is 1. The highest BCUT2D eigenvalue weighted by Crippen LogP contribution is 1.96. The third-order valence-corrected chi connectivity index (χ3v) is 1.98. The number of carboxylic acid groups (broad SMARTS) is 2. The fraction of sp³-hybridized carbons (Fsp3) is 0.273. The smallest absolute Gasteiger partial charge is 0.414 e. The van der Waals surface area contributed by atoms with Gasteiger partial charge in [0.25, 0.3) is 0 Å². The Kier molecular flexibility index (Phi) is 8.41. The molecular weight excluding hydrogens is 284 g/mol. The summed E-state index contributed by atoms with van der Waals surface area (Å²) in [7, 11) is 0. The molecule has 0 radical (unpaired) electrons. The number of hydrogen-bond donors (Lipinski definition) is 3. The Bertz CT molecular complexity index is 481. The predicted molar refractivity (Wildman–Crippen MR) is 69.9 cm³/mol. The number of carbonyl (C=O) groups excluding carboxylic acids is 1. The lowest BCUT2D eigenvalue weighted by Crippen LogP contribution is -2.35. The van der Waals surface area contributed by atoms with E-state index in [1.54, 1.807) is 25.4 Å². The van der Waals surface area contributed by atoms with E-state index in [1.165, 1.54) is 0 Å². The molecular formula is C11H14N4O6. The van der Waals surface area contributed by atoms with Crippen molar-refractivity contribution in [3.8, 4) is 0 Å². The summed E-state index contributed by atoms with van der Waals surface area (Å²) < 4.78 is 0. The topological polar surface area (TPSA) is 149 Å². The second-order valence-electron chi connectivity index (χ2n) is 3.43. The maximum atomic E-state index is 11.3. The van der Waals surface area contributed by atoms with Crippen LogP contribution in [0.25, 0.3) is 0 Å². The van der Waals surface area contributed by atoms with Gasteiger partial charge in [-0.15, -0.1) is 4.91 Å². The highest BCUT2D eigenvalue weighted by atomic mass is 16.4. The summed E-state index contributed by atoms with van der Waals surface area (Å²) in [6, 6.07) is 3.10. The van der Waals surface area contributed by atoms with Crippen LogP contribution in [0, 0.1) is 4.91 Å². The van der Waals surface area contributed by atoms with Crippen LogP contribution in [0.3, 0.4) is 0 Å². The quantitative estimate of drug-likeness (QED) is 0.415.